The van der Waals surface area contributed by atoms with E-state index in [0.29, 0.717) is 9.23 Å². The van der Waals surface area contributed by atoms with Gasteiger partial charge in [0.25, 0.3) is 16.0 Å². The number of hydrogen-bond donors (Lipinski definition) is 1. The molecule has 0 unspecified atom stereocenters. The van der Waals surface area contributed by atoms with E-state index in [9.17, 15) is 13.2 Å². The van der Waals surface area contributed by atoms with Crippen molar-refractivity contribution in [3.05, 3.63) is 40.3 Å². The van der Waals surface area contributed by atoms with Crippen LogP contribution in [0.5, 0.6) is 0 Å². The van der Waals surface area contributed by atoms with E-state index in [4.69, 9.17) is 16.8 Å². The van der Waals surface area contributed by atoms with Gasteiger partial charge in [-0.1, -0.05) is 55.2 Å². The zero-order valence-corrected chi connectivity index (χ0v) is 14.3. The Kier molecular flexibility index (Phi) is 5.38. The van der Waals surface area contributed by atoms with Gasteiger partial charge in [0, 0.05) is 6.54 Å². The first kappa shape index (κ1) is 17.1. The van der Waals surface area contributed by atoms with Crippen molar-refractivity contribution in [1.29, 1.82) is 0 Å². The van der Waals surface area contributed by atoms with Gasteiger partial charge in [0.2, 0.25) is 0 Å². The molecular weight excluding hydrogens is 342 g/mol. The first-order valence-electron chi connectivity index (χ1n) is 6.59. The molecule has 1 fully saturated rings. The molecule has 8 heteroatoms. The molecule has 0 bridgehead atoms. The molecule has 1 aliphatic heterocycles. The van der Waals surface area contributed by atoms with Crippen LogP contribution in [-0.4, -0.2) is 40.4 Å². The molecule has 118 valence electrons. The molecule has 1 aromatic rings. The number of thiocarbonyl (C=S) groups is 1. The van der Waals surface area contributed by atoms with Crippen molar-refractivity contribution in [2.45, 2.75) is 13.3 Å². The molecule has 0 aliphatic carbocycles. The van der Waals surface area contributed by atoms with Gasteiger partial charge < -0.3 is 0 Å². The highest BCUT2D eigenvalue weighted by Crippen LogP contribution is 2.32. The summed E-state index contributed by atoms with van der Waals surface area (Å²) in [5, 5.41) is 0. The van der Waals surface area contributed by atoms with Crippen LogP contribution in [0, 0.1) is 0 Å². The molecule has 0 aromatic heterocycles. The monoisotopic (exact) mass is 357 g/mol. The number of hydrogen-bond acceptors (Lipinski definition) is 5. The summed E-state index contributed by atoms with van der Waals surface area (Å²) in [6.45, 7) is 1.92. The molecule has 0 saturated carbocycles. The minimum atomic E-state index is -4.12. The number of carbonyl (C=O) groups is 1. The van der Waals surface area contributed by atoms with E-state index in [1.54, 1.807) is 6.08 Å². The maximum atomic E-state index is 12.2. The third-order valence-electron chi connectivity index (χ3n) is 3.13. The van der Waals surface area contributed by atoms with Crippen molar-refractivity contribution < 1.29 is 17.8 Å². The Labute approximate surface area is 139 Å². The molecule has 1 heterocycles. The van der Waals surface area contributed by atoms with Gasteiger partial charge in [-0.05, 0) is 23.6 Å². The molecule has 0 spiro atoms. The Hall–Kier alpha value is -1.22. The van der Waals surface area contributed by atoms with Crippen LogP contribution in [0.15, 0.2) is 29.2 Å². The van der Waals surface area contributed by atoms with Gasteiger partial charge in [-0.3, -0.25) is 14.2 Å². The fourth-order valence-corrected chi connectivity index (χ4v) is 3.62. The van der Waals surface area contributed by atoms with Crippen molar-refractivity contribution in [2.75, 3.05) is 12.3 Å². The number of benzene rings is 1. The number of aryl methyl sites for hydroxylation is 1. The van der Waals surface area contributed by atoms with E-state index in [2.05, 4.69) is 6.92 Å². The lowest BCUT2D eigenvalue weighted by molar-refractivity contribution is -0.121. The van der Waals surface area contributed by atoms with Crippen LogP contribution in [0.1, 0.15) is 18.1 Å². The first-order chi connectivity index (χ1) is 10.3. The van der Waals surface area contributed by atoms with Crippen LogP contribution < -0.4 is 0 Å². The Morgan fingerprint density at radius 2 is 1.95 bits per heavy atom. The predicted octanol–water partition coefficient (Wildman–Crippen LogP) is 2.34. The van der Waals surface area contributed by atoms with Crippen LogP contribution in [0.3, 0.4) is 0 Å². The van der Waals surface area contributed by atoms with Gasteiger partial charge in [0.15, 0.2) is 0 Å². The molecule has 22 heavy (non-hydrogen) atoms. The lowest BCUT2D eigenvalue weighted by Gasteiger charge is -2.12. The molecule has 0 radical (unpaired) electrons. The zero-order valence-electron chi connectivity index (χ0n) is 11.9. The Bertz CT molecular complexity index is 723. The summed E-state index contributed by atoms with van der Waals surface area (Å²) in [4.78, 5) is 13.9. The lowest BCUT2D eigenvalue weighted by Crippen LogP contribution is -2.32. The Balaban J connectivity index is 2.14. The van der Waals surface area contributed by atoms with Crippen LogP contribution in [-0.2, 0) is 21.3 Å². The van der Waals surface area contributed by atoms with Gasteiger partial charge in [-0.25, -0.2) is 0 Å². The van der Waals surface area contributed by atoms with Crippen molar-refractivity contribution in [3.8, 4) is 0 Å². The molecule has 2 rings (SSSR count). The number of nitrogens with zero attached hydrogens (tertiary/aromatic N) is 1. The average molecular weight is 357 g/mol. The summed E-state index contributed by atoms with van der Waals surface area (Å²) >= 11 is 6.22. The fraction of sp³-hybridized carbons (Fsp3) is 0.286. The second kappa shape index (κ2) is 6.91. The summed E-state index contributed by atoms with van der Waals surface area (Å²) in [6.07, 6.45) is 2.67. The molecular formula is C14H15NO4S3. The van der Waals surface area contributed by atoms with Crippen LogP contribution in [0.2, 0.25) is 0 Å². The highest BCUT2D eigenvalue weighted by Gasteiger charge is 2.32. The van der Waals surface area contributed by atoms with Crippen molar-refractivity contribution in [1.82, 2.24) is 4.90 Å². The van der Waals surface area contributed by atoms with E-state index in [1.165, 1.54) is 10.5 Å². The molecule has 1 aromatic carbocycles. The summed E-state index contributed by atoms with van der Waals surface area (Å²) in [5.74, 6) is -0.865. The summed E-state index contributed by atoms with van der Waals surface area (Å²) < 4.78 is 30.6. The maximum absolute atomic E-state index is 12.2. The minimum absolute atomic E-state index is 0.143. The van der Waals surface area contributed by atoms with Crippen molar-refractivity contribution in [2.24, 2.45) is 0 Å². The number of thioether (sulfide) groups is 1. The van der Waals surface area contributed by atoms with Gasteiger partial charge in [-0.2, -0.15) is 8.42 Å². The van der Waals surface area contributed by atoms with Crippen molar-refractivity contribution >= 4 is 50.4 Å². The average Bonchev–Trinajstić information content (AvgIpc) is 2.71. The highest BCUT2D eigenvalue weighted by molar-refractivity contribution is 8.26. The smallest absolute Gasteiger partial charge is 0.266 e. The standard InChI is InChI=1S/C14H15NO4S3/c1-2-10-3-5-11(6-4-10)9-12-13(16)15(14(20)21-12)7-8-22(17,18)19/h3-6,9H,2,7-8H2,1H3,(H,17,18,19). The SMILES string of the molecule is CCc1ccc(C=C2SC(=S)N(CCS(=O)(=O)O)C2=O)cc1. The topological polar surface area (TPSA) is 74.7 Å². The Morgan fingerprint density at radius 3 is 2.50 bits per heavy atom. The van der Waals surface area contributed by atoms with Gasteiger partial charge in [0.05, 0.1) is 10.7 Å². The summed E-state index contributed by atoms with van der Waals surface area (Å²) in [5.41, 5.74) is 2.09. The molecule has 5 nitrogen and oxygen atoms in total. The summed E-state index contributed by atoms with van der Waals surface area (Å²) in [7, 11) is -4.12. The maximum Gasteiger partial charge on any atom is 0.266 e. The summed E-state index contributed by atoms with van der Waals surface area (Å²) in [6, 6.07) is 7.82. The number of carbonyl (C=O) groups excluding carboxylic acids is 1. The predicted molar refractivity (Wildman–Crippen MR) is 92.1 cm³/mol. The van der Waals surface area contributed by atoms with E-state index in [1.807, 2.05) is 24.3 Å². The molecule has 1 amide bonds. The van der Waals surface area contributed by atoms with Crippen molar-refractivity contribution in [3.63, 3.8) is 0 Å². The van der Waals surface area contributed by atoms with E-state index < -0.39 is 15.9 Å². The first-order valence-corrected chi connectivity index (χ1v) is 9.43. The molecule has 1 saturated heterocycles. The quantitative estimate of drug-likeness (QED) is 0.495. The molecule has 0 atom stereocenters. The van der Waals surface area contributed by atoms with E-state index in [-0.39, 0.29) is 12.5 Å². The second-order valence-electron chi connectivity index (χ2n) is 4.71. The highest BCUT2D eigenvalue weighted by atomic mass is 32.2. The molecule has 1 aliphatic rings. The van der Waals surface area contributed by atoms with E-state index in [0.717, 1.165) is 23.7 Å². The normalized spacial score (nSPS) is 17.5. The number of amides is 1. The fourth-order valence-electron chi connectivity index (χ4n) is 1.90. The largest absolute Gasteiger partial charge is 0.292 e. The van der Waals surface area contributed by atoms with Crippen LogP contribution in [0.25, 0.3) is 6.08 Å². The van der Waals surface area contributed by atoms with Gasteiger partial charge >= 0.3 is 0 Å². The zero-order chi connectivity index (χ0) is 16.3. The lowest BCUT2D eigenvalue weighted by atomic mass is 10.1. The Morgan fingerprint density at radius 1 is 1.32 bits per heavy atom. The van der Waals surface area contributed by atoms with E-state index >= 15 is 0 Å². The second-order valence-corrected chi connectivity index (χ2v) is 7.96. The molecule has 1 N–H and O–H groups in total. The third-order valence-corrected chi connectivity index (χ3v) is 5.21. The van der Waals surface area contributed by atoms with Gasteiger partial charge in [-0.15, -0.1) is 0 Å². The number of rotatable bonds is 5. The minimum Gasteiger partial charge on any atom is -0.292 e. The van der Waals surface area contributed by atoms with Gasteiger partial charge in [0.1, 0.15) is 4.32 Å². The third kappa shape index (κ3) is 4.39. The van der Waals surface area contributed by atoms with Crippen LogP contribution >= 0.6 is 24.0 Å². The van der Waals surface area contributed by atoms with Crippen LogP contribution in [0.4, 0.5) is 0 Å².